The van der Waals surface area contributed by atoms with Crippen molar-refractivity contribution < 1.29 is 14.3 Å². The maximum Gasteiger partial charge on any atom is 0.312 e. The second kappa shape index (κ2) is 6.73. The van der Waals surface area contributed by atoms with Gasteiger partial charge in [0.15, 0.2) is 5.78 Å². The van der Waals surface area contributed by atoms with Gasteiger partial charge in [-0.1, -0.05) is 54.6 Å². The van der Waals surface area contributed by atoms with Crippen LogP contribution in [0.25, 0.3) is 0 Å². The number of hydrogen-bond acceptors (Lipinski definition) is 5. The first-order valence-corrected chi connectivity index (χ1v) is 7.46. The summed E-state index contributed by atoms with van der Waals surface area (Å²) in [6.45, 7) is 0.516. The monoisotopic (exact) mass is 310 g/mol. The fourth-order valence-electron chi connectivity index (χ4n) is 2.78. The normalized spacial score (nSPS) is 20.2. The Morgan fingerprint density at radius 3 is 2.30 bits per heavy atom. The Morgan fingerprint density at radius 2 is 1.65 bits per heavy atom. The highest BCUT2D eigenvalue weighted by atomic mass is 16.5. The maximum atomic E-state index is 12.4. The lowest BCUT2D eigenvalue weighted by atomic mass is 9.93. The van der Waals surface area contributed by atoms with E-state index in [1.165, 1.54) is 7.11 Å². The number of hydrazine groups is 1. The van der Waals surface area contributed by atoms with Crippen LogP contribution in [0.5, 0.6) is 0 Å². The Bertz CT molecular complexity index is 698. The molecule has 2 aromatic rings. The van der Waals surface area contributed by atoms with E-state index in [1.54, 1.807) is 24.3 Å². The van der Waals surface area contributed by atoms with E-state index < -0.39 is 0 Å². The summed E-state index contributed by atoms with van der Waals surface area (Å²) in [5.74, 6) is -0.549. The minimum absolute atomic E-state index is 0.0147. The number of carbonyl (C=O) groups is 2. The first-order chi connectivity index (χ1) is 11.2. The third-order valence-corrected chi connectivity index (χ3v) is 4.05. The molecule has 0 aliphatic carbocycles. The largest absolute Gasteiger partial charge is 0.469 e. The first kappa shape index (κ1) is 15.4. The van der Waals surface area contributed by atoms with Gasteiger partial charge in [-0.25, -0.2) is 5.43 Å². The molecule has 5 nitrogen and oxygen atoms in total. The smallest absolute Gasteiger partial charge is 0.312 e. The van der Waals surface area contributed by atoms with E-state index in [0.29, 0.717) is 17.7 Å². The Kier molecular flexibility index (Phi) is 4.50. The van der Waals surface area contributed by atoms with Crippen LogP contribution in [0, 0.1) is 5.92 Å². The summed E-state index contributed by atoms with van der Waals surface area (Å²) in [6.07, 6.45) is 0. The van der Waals surface area contributed by atoms with Crippen molar-refractivity contribution in [2.24, 2.45) is 5.92 Å². The molecule has 1 saturated heterocycles. The zero-order valence-electron chi connectivity index (χ0n) is 12.8. The van der Waals surface area contributed by atoms with Crippen molar-refractivity contribution in [3.63, 3.8) is 0 Å². The number of hydrogen-bond donors (Lipinski definition) is 2. The molecule has 0 bridgehead atoms. The van der Waals surface area contributed by atoms with E-state index >= 15 is 0 Å². The zero-order valence-corrected chi connectivity index (χ0v) is 12.8. The van der Waals surface area contributed by atoms with E-state index in [4.69, 9.17) is 4.74 Å². The van der Waals surface area contributed by atoms with Crippen molar-refractivity contribution in [1.82, 2.24) is 10.9 Å². The zero-order chi connectivity index (χ0) is 16.2. The minimum Gasteiger partial charge on any atom is -0.469 e. The van der Waals surface area contributed by atoms with Crippen molar-refractivity contribution >= 4 is 11.8 Å². The quantitative estimate of drug-likeness (QED) is 0.666. The third-order valence-electron chi connectivity index (χ3n) is 4.05. The van der Waals surface area contributed by atoms with Crippen molar-refractivity contribution in [2.45, 2.75) is 6.04 Å². The molecular weight excluding hydrogens is 292 g/mol. The van der Waals surface area contributed by atoms with E-state index in [0.717, 1.165) is 5.56 Å². The van der Waals surface area contributed by atoms with Gasteiger partial charge in [-0.3, -0.25) is 15.0 Å². The SMILES string of the molecule is COC(=O)C1CNNC1c1ccc(C(=O)c2ccccc2)cc1. The second-order valence-electron chi connectivity index (χ2n) is 5.45. The van der Waals surface area contributed by atoms with Crippen LogP contribution in [-0.4, -0.2) is 25.4 Å². The lowest BCUT2D eigenvalue weighted by Crippen LogP contribution is -2.26. The van der Waals surface area contributed by atoms with Crippen molar-refractivity contribution in [3.05, 3.63) is 71.3 Å². The van der Waals surface area contributed by atoms with Gasteiger partial charge in [-0.05, 0) is 5.56 Å². The predicted molar refractivity (Wildman–Crippen MR) is 85.7 cm³/mol. The number of ketones is 1. The number of esters is 1. The molecule has 2 atom stereocenters. The Balaban J connectivity index is 1.80. The molecule has 0 radical (unpaired) electrons. The van der Waals surface area contributed by atoms with E-state index in [-0.39, 0.29) is 23.7 Å². The molecule has 0 saturated carbocycles. The molecule has 2 aromatic carbocycles. The van der Waals surface area contributed by atoms with Crippen LogP contribution in [0.2, 0.25) is 0 Å². The average Bonchev–Trinajstić information content (AvgIpc) is 3.11. The topological polar surface area (TPSA) is 67.4 Å². The molecular formula is C18H18N2O3. The molecule has 0 aromatic heterocycles. The number of methoxy groups -OCH3 is 1. The highest BCUT2D eigenvalue weighted by Gasteiger charge is 2.34. The van der Waals surface area contributed by atoms with Crippen LogP contribution >= 0.6 is 0 Å². The van der Waals surface area contributed by atoms with Gasteiger partial charge in [0, 0.05) is 17.7 Å². The molecule has 1 aliphatic rings. The number of ether oxygens (including phenoxy) is 1. The van der Waals surface area contributed by atoms with E-state index in [1.807, 2.05) is 30.3 Å². The molecule has 5 heteroatoms. The van der Waals surface area contributed by atoms with Gasteiger partial charge >= 0.3 is 5.97 Å². The van der Waals surface area contributed by atoms with Gasteiger partial charge in [0.1, 0.15) is 0 Å². The molecule has 1 fully saturated rings. The molecule has 3 rings (SSSR count). The molecule has 2 N–H and O–H groups in total. The molecule has 118 valence electrons. The van der Waals surface area contributed by atoms with Gasteiger partial charge in [0.2, 0.25) is 0 Å². The van der Waals surface area contributed by atoms with Gasteiger partial charge in [0.25, 0.3) is 0 Å². The van der Waals surface area contributed by atoms with E-state index in [9.17, 15) is 9.59 Å². The Morgan fingerprint density at radius 1 is 1.00 bits per heavy atom. The van der Waals surface area contributed by atoms with Crippen LogP contribution in [0.4, 0.5) is 0 Å². The summed E-state index contributed by atoms with van der Waals surface area (Å²) in [5.41, 5.74) is 8.29. The fraction of sp³-hybridized carbons (Fsp3) is 0.222. The lowest BCUT2D eigenvalue weighted by Gasteiger charge is -2.17. The maximum absolute atomic E-state index is 12.4. The van der Waals surface area contributed by atoms with Crippen LogP contribution in [0.15, 0.2) is 54.6 Å². The molecule has 0 spiro atoms. The fourth-order valence-corrected chi connectivity index (χ4v) is 2.78. The molecule has 1 aliphatic heterocycles. The number of nitrogens with one attached hydrogen (secondary N) is 2. The number of rotatable bonds is 4. The predicted octanol–water partition coefficient (Wildman–Crippen LogP) is 1.86. The molecule has 1 heterocycles. The molecule has 0 amide bonds. The van der Waals surface area contributed by atoms with Gasteiger partial charge in [0.05, 0.1) is 19.1 Å². The summed E-state index contributed by atoms with van der Waals surface area (Å²) in [4.78, 5) is 24.2. The lowest BCUT2D eigenvalue weighted by molar-refractivity contribution is -0.145. The van der Waals surface area contributed by atoms with Crippen molar-refractivity contribution in [2.75, 3.05) is 13.7 Å². The molecule has 23 heavy (non-hydrogen) atoms. The van der Waals surface area contributed by atoms with Crippen molar-refractivity contribution in [3.8, 4) is 0 Å². The van der Waals surface area contributed by atoms with Gasteiger partial charge in [-0.15, -0.1) is 0 Å². The summed E-state index contributed by atoms with van der Waals surface area (Å²) in [7, 11) is 1.39. The van der Waals surface area contributed by atoms with Gasteiger partial charge < -0.3 is 4.74 Å². The second-order valence-corrected chi connectivity index (χ2v) is 5.45. The highest BCUT2D eigenvalue weighted by Crippen LogP contribution is 2.26. The van der Waals surface area contributed by atoms with Crippen LogP contribution in [0.1, 0.15) is 27.5 Å². The Labute approximate surface area is 134 Å². The highest BCUT2D eigenvalue weighted by molar-refractivity contribution is 6.08. The standard InChI is InChI=1S/C18H18N2O3/c1-23-18(22)15-11-19-20-16(15)12-7-9-14(10-8-12)17(21)13-5-3-2-4-6-13/h2-10,15-16,19-20H,11H2,1H3. The molecule has 2 unspecified atom stereocenters. The van der Waals surface area contributed by atoms with Crippen LogP contribution in [0.3, 0.4) is 0 Å². The number of benzene rings is 2. The van der Waals surface area contributed by atoms with E-state index in [2.05, 4.69) is 10.9 Å². The summed E-state index contributed by atoms with van der Waals surface area (Å²) < 4.78 is 4.83. The summed E-state index contributed by atoms with van der Waals surface area (Å²) >= 11 is 0. The van der Waals surface area contributed by atoms with Crippen molar-refractivity contribution in [1.29, 1.82) is 0 Å². The number of carbonyl (C=O) groups excluding carboxylic acids is 2. The first-order valence-electron chi connectivity index (χ1n) is 7.46. The Hall–Kier alpha value is -2.50. The summed E-state index contributed by atoms with van der Waals surface area (Å²) in [5, 5.41) is 0. The third kappa shape index (κ3) is 3.16. The summed E-state index contributed by atoms with van der Waals surface area (Å²) in [6, 6.07) is 16.3. The average molecular weight is 310 g/mol. The van der Waals surface area contributed by atoms with Crippen LogP contribution < -0.4 is 10.9 Å². The van der Waals surface area contributed by atoms with Crippen LogP contribution in [-0.2, 0) is 9.53 Å². The van der Waals surface area contributed by atoms with Gasteiger partial charge in [-0.2, -0.15) is 0 Å². The minimum atomic E-state index is -0.282.